The van der Waals surface area contributed by atoms with E-state index in [0.29, 0.717) is 5.69 Å². The van der Waals surface area contributed by atoms with Crippen LogP contribution in [-0.4, -0.2) is 32.4 Å². The van der Waals surface area contributed by atoms with Crippen LogP contribution in [0.4, 0.5) is 34.4 Å². The second-order valence-electron chi connectivity index (χ2n) is 6.04. The first-order chi connectivity index (χ1) is 14.9. The van der Waals surface area contributed by atoms with Crippen LogP contribution in [0.3, 0.4) is 0 Å². The van der Waals surface area contributed by atoms with Gasteiger partial charge in [-0.3, -0.25) is 20.2 Å². The first-order valence-corrected chi connectivity index (χ1v) is 8.94. The maximum Gasteiger partial charge on any atom is 0.353 e. The summed E-state index contributed by atoms with van der Waals surface area (Å²) in [4.78, 5) is 41.1. The van der Waals surface area contributed by atoms with Gasteiger partial charge in [0, 0.05) is 23.5 Å². The summed E-state index contributed by atoms with van der Waals surface area (Å²) in [7, 11) is 0. The first-order valence-electron chi connectivity index (χ1n) is 8.94. The number of nitro benzene ring substituents is 1. The molecule has 12 nitrogen and oxygen atoms in total. The Labute approximate surface area is 175 Å². The minimum atomic E-state index is -0.683. The van der Waals surface area contributed by atoms with Crippen molar-refractivity contribution in [2.24, 2.45) is 0 Å². The van der Waals surface area contributed by atoms with Gasteiger partial charge in [-0.05, 0) is 31.2 Å². The number of anilines is 4. The maximum absolute atomic E-state index is 11.9. The molecule has 0 aliphatic carbocycles. The zero-order chi connectivity index (χ0) is 22.4. The van der Waals surface area contributed by atoms with Crippen molar-refractivity contribution in [1.82, 2.24) is 9.97 Å². The van der Waals surface area contributed by atoms with Gasteiger partial charge in [-0.2, -0.15) is 0 Å². The van der Waals surface area contributed by atoms with Crippen LogP contribution < -0.4 is 10.6 Å². The van der Waals surface area contributed by atoms with Crippen molar-refractivity contribution >= 4 is 40.4 Å². The van der Waals surface area contributed by atoms with Gasteiger partial charge in [-0.25, -0.2) is 14.8 Å². The molecule has 12 heteroatoms. The molecular weight excluding hydrogens is 408 g/mol. The van der Waals surface area contributed by atoms with Crippen molar-refractivity contribution in [2.75, 3.05) is 17.2 Å². The third-order valence-corrected chi connectivity index (χ3v) is 3.96. The van der Waals surface area contributed by atoms with Gasteiger partial charge in [0.25, 0.3) is 5.69 Å². The molecule has 3 rings (SSSR count). The highest BCUT2D eigenvalue weighted by Crippen LogP contribution is 2.33. The lowest BCUT2D eigenvalue weighted by Gasteiger charge is -2.11. The smallest absolute Gasteiger partial charge is 0.353 e. The summed E-state index contributed by atoms with van der Waals surface area (Å²) >= 11 is 0. The number of hydrogen-bond acceptors (Lipinski definition) is 10. The molecule has 1 aromatic heterocycles. The van der Waals surface area contributed by atoms with Crippen LogP contribution in [0.2, 0.25) is 0 Å². The lowest BCUT2D eigenvalue weighted by atomic mass is 10.2. The Kier molecular flexibility index (Phi) is 6.30. The predicted octanol–water partition coefficient (Wildman–Crippen LogP) is 3.96. The average molecular weight is 424 g/mol. The minimum absolute atomic E-state index is 0.131. The molecular formula is C19H16N6O6. The molecule has 0 spiro atoms. The number of nitrogens with one attached hydrogen (secondary N) is 2. The fourth-order valence-electron chi connectivity index (χ4n) is 2.64. The van der Waals surface area contributed by atoms with E-state index in [1.807, 2.05) is 0 Å². The van der Waals surface area contributed by atoms with Crippen LogP contribution >= 0.6 is 0 Å². The number of aromatic nitrogens is 2. The summed E-state index contributed by atoms with van der Waals surface area (Å²) in [6, 6.07) is 11.7. The van der Waals surface area contributed by atoms with Crippen molar-refractivity contribution in [3.8, 4) is 0 Å². The van der Waals surface area contributed by atoms with Crippen LogP contribution in [0.5, 0.6) is 0 Å². The molecule has 0 fully saturated rings. The van der Waals surface area contributed by atoms with E-state index < -0.39 is 21.5 Å². The van der Waals surface area contributed by atoms with Crippen molar-refractivity contribution in [1.29, 1.82) is 0 Å². The fourth-order valence-corrected chi connectivity index (χ4v) is 2.64. The molecule has 0 atom stereocenters. The van der Waals surface area contributed by atoms with E-state index >= 15 is 0 Å². The average Bonchev–Trinajstić information content (AvgIpc) is 2.74. The number of nitro groups is 2. The third kappa shape index (κ3) is 5.06. The van der Waals surface area contributed by atoms with Crippen LogP contribution in [-0.2, 0) is 4.74 Å². The highest BCUT2D eigenvalue weighted by Gasteiger charge is 2.24. The van der Waals surface area contributed by atoms with E-state index in [1.165, 1.54) is 30.3 Å². The maximum atomic E-state index is 11.9. The number of benzene rings is 2. The topological polar surface area (TPSA) is 162 Å². The van der Waals surface area contributed by atoms with Crippen LogP contribution in [0.15, 0.2) is 54.9 Å². The summed E-state index contributed by atoms with van der Waals surface area (Å²) in [6.07, 6.45) is 1.10. The molecule has 0 saturated heterocycles. The van der Waals surface area contributed by atoms with Crippen LogP contribution in [0.1, 0.15) is 17.3 Å². The van der Waals surface area contributed by atoms with E-state index in [0.717, 1.165) is 6.33 Å². The molecule has 0 unspecified atom stereocenters. The number of non-ortho nitro benzene ring substituents is 1. The van der Waals surface area contributed by atoms with Crippen molar-refractivity contribution < 1.29 is 19.4 Å². The van der Waals surface area contributed by atoms with Crippen LogP contribution in [0.25, 0.3) is 0 Å². The molecule has 0 aliphatic rings. The van der Waals surface area contributed by atoms with Crippen molar-refractivity contribution in [3.05, 3.63) is 80.7 Å². The largest absolute Gasteiger partial charge is 0.462 e. The van der Waals surface area contributed by atoms with Gasteiger partial charge in [0.1, 0.15) is 6.33 Å². The van der Waals surface area contributed by atoms with E-state index in [1.54, 1.807) is 25.1 Å². The lowest BCUT2D eigenvalue weighted by Crippen LogP contribution is -2.07. The molecule has 3 aromatic rings. The van der Waals surface area contributed by atoms with Crippen LogP contribution in [0, 0.1) is 20.2 Å². The Hall–Kier alpha value is -4.61. The van der Waals surface area contributed by atoms with Crippen molar-refractivity contribution in [2.45, 2.75) is 6.92 Å². The molecule has 1 heterocycles. The summed E-state index contributed by atoms with van der Waals surface area (Å²) in [5, 5.41) is 28.2. The standard InChI is InChI=1S/C19H16N6O6/c1-2-31-19(26)12-5-3-6-13(9-12)22-17-16(25(29)30)18(21-11-20-17)23-14-7-4-8-15(10-14)24(27)28/h3-11H,2H2,1H3,(H2,20,21,22,23). The van der Waals surface area contributed by atoms with Gasteiger partial charge >= 0.3 is 11.7 Å². The highest BCUT2D eigenvalue weighted by atomic mass is 16.6. The van der Waals surface area contributed by atoms with E-state index in [4.69, 9.17) is 4.74 Å². The molecule has 2 N–H and O–H groups in total. The number of nitrogens with zero attached hydrogens (tertiary/aromatic N) is 4. The molecule has 31 heavy (non-hydrogen) atoms. The first kappa shape index (κ1) is 21.1. The Morgan fingerprint density at radius 3 is 2.16 bits per heavy atom. The van der Waals surface area contributed by atoms with Gasteiger partial charge in [-0.1, -0.05) is 12.1 Å². The number of carbonyl (C=O) groups excluding carboxylic acids is 1. The number of esters is 1. The quantitative estimate of drug-likeness (QED) is 0.307. The fraction of sp³-hybridized carbons (Fsp3) is 0.105. The second-order valence-corrected chi connectivity index (χ2v) is 6.04. The van der Waals surface area contributed by atoms with Gasteiger partial charge in [0.15, 0.2) is 0 Å². The van der Waals surface area contributed by atoms with Crippen molar-refractivity contribution in [3.63, 3.8) is 0 Å². The zero-order valence-corrected chi connectivity index (χ0v) is 16.1. The summed E-state index contributed by atoms with van der Waals surface area (Å²) in [6.45, 7) is 1.89. The number of rotatable bonds is 8. The molecule has 0 aliphatic heterocycles. The molecule has 0 saturated carbocycles. The number of hydrogen-bond donors (Lipinski definition) is 2. The zero-order valence-electron chi connectivity index (χ0n) is 16.1. The van der Waals surface area contributed by atoms with Gasteiger partial charge in [0.05, 0.1) is 22.0 Å². The molecule has 2 aromatic carbocycles. The second kappa shape index (κ2) is 9.26. The van der Waals surface area contributed by atoms with E-state index in [-0.39, 0.29) is 35.2 Å². The van der Waals surface area contributed by atoms with Gasteiger partial charge in [-0.15, -0.1) is 0 Å². The Morgan fingerprint density at radius 1 is 0.968 bits per heavy atom. The van der Waals surface area contributed by atoms with Gasteiger partial charge in [0.2, 0.25) is 11.6 Å². The summed E-state index contributed by atoms with van der Waals surface area (Å²) < 4.78 is 4.95. The number of ether oxygens (including phenoxy) is 1. The third-order valence-electron chi connectivity index (χ3n) is 3.96. The SMILES string of the molecule is CCOC(=O)c1cccc(Nc2ncnc(Nc3cccc([N+](=O)[O-])c3)c2[N+](=O)[O-])c1. The molecule has 0 bridgehead atoms. The van der Waals surface area contributed by atoms with Gasteiger partial charge < -0.3 is 15.4 Å². The Morgan fingerprint density at radius 2 is 1.58 bits per heavy atom. The lowest BCUT2D eigenvalue weighted by molar-refractivity contribution is -0.384. The molecule has 0 radical (unpaired) electrons. The minimum Gasteiger partial charge on any atom is -0.462 e. The molecule has 0 amide bonds. The summed E-state index contributed by atoms with van der Waals surface area (Å²) in [5.74, 6) is -0.824. The predicted molar refractivity (Wildman–Crippen MR) is 111 cm³/mol. The summed E-state index contributed by atoms with van der Waals surface area (Å²) in [5.41, 5.74) is 0.213. The normalized spacial score (nSPS) is 10.2. The van der Waals surface area contributed by atoms with E-state index in [9.17, 15) is 25.0 Å². The monoisotopic (exact) mass is 424 g/mol. The highest BCUT2D eigenvalue weighted by molar-refractivity contribution is 5.91. The molecule has 158 valence electrons. The Bertz CT molecular complexity index is 1150. The number of carbonyl (C=O) groups is 1. The van der Waals surface area contributed by atoms with E-state index in [2.05, 4.69) is 20.6 Å². The Balaban J connectivity index is 1.93.